The first-order chi connectivity index (χ1) is 7.47. The lowest BCUT2D eigenvalue weighted by Gasteiger charge is -2.37. The molecule has 0 spiro atoms. The Bertz CT molecular complexity index is 321. The molecule has 0 N–H and O–H groups in total. The molecule has 0 aromatic rings. The van der Waals surface area contributed by atoms with Crippen LogP contribution >= 0.6 is 0 Å². The van der Waals surface area contributed by atoms with E-state index in [2.05, 4.69) is 0 Å². The highest BCUT2D eigenvalue weighted by Crippen LogP contribution is 2.42. The van der Waals surface area contributed by atoms with Crippen molar-refractivity contribution in [3.63, 3.8) is 0 Å². The van der Waals surface area contributed by atoms with Gasteiger partial charge in [-0.05, 0) is 19.3 Å². The Morgan fingerprint density at radius 1 is 1.31 bits per heavy atom. The summed E-state index contributed by atoms with van der Waals surface area (Å²) in [6.45, 7) is 3.65. The molecule has 1 aliphatic rings. The molecule has 0 unspecified atom stereocenters. The number of esters is 2. The number of carbonyl (C=O) groups excluding carboxylic acids is 2. The van der Waals surface area contributed by atoms with E-state index in [-0.39, 0.29) is 17.9 Å². The highest BCUT2D eigenvalue weighted by molar-refractivity contribution is 5.86. The molecule has 4 heteroatoms. The van der Waals surface area contributed by atoms with Crippen LogP contribution in [0.4, 0.5) is 0 Å². The molecule has 0 aliphatic heterocycles. The predicted molar refractivity (Wildman–Crippen MR) is 58.6 cm³/mol. The fourth-order valence-corrected chi connectivity index (χ4v) is 2.39. The van der Waals surface area contributed by atoms with E-state index >= 15 is 0 Å². The molecular weight excluding hydrogens is 208 g/mol. The Labute approximate surface area is 95.6 Å². The molecular formula is C12H18O4. The Balaban J connectivity index is 3.10. The van der Waals surface area contributed by atoms with Gasteiger partial charge in [-0.15, -0.1) is 0 Å². The maximum Gasteiger partial charge on any atom is 0.312 e. The van der Waals surface area contributed by atoms with Gasteiger partial charge in [0.1, 0.15) is 0 Å². The summed E-state index contributed by atoms with van der Waals surface area (Å²) < 4.78 is 9.55. The van der Waals surface area contributed by atoms with Gasteiger partial charge in [0, 0.05) is 0 Å². The van der Waals surface area contributed by atoms with E-state index in [1.165, 1.54) is 14.2 Å². The van der Waals surface area contributed by atoms with Crippen molar-refractivity contribution in [3.8, 4) is 0 Å². The highest BCUT2D eigenvalue weighted by atomic mass is 16.5. The SMILES string of the molecule is COC(=O)[C@H]1[C@@H](C)C=CC[C@@]1(C)C(=O)OC. The minimum atomic E-state index is -0.823. The van der Waals surface area contributed by atoms with E-state index in [1.54, 1.807) is 6.92 Å². The van der Waals surface area contributed by atoms with Crippen LogP contribution in [0.3, 0.4) is 0 Å². The normalized spacial score (nSPS) is 33.2. The van der Waals surface area contributed by atoms with Gasteiger partial charge in [0.05, 0.1) is 25.6 Å². The van der Waals surface area contributed by atoms with Crippen molar-refractivity contribution in [2.24, 2.45) is 17.3 Å². The first-order valence-electron chi connectivity index (χ1n) is 5.30. The van der Waals surface area contributed by atoms with Crippen molar-refractivity contribution in [2.45, 2.75) is 20.3 Å². The highest BCUT2D eigenvalue weighted by Gasteiger charge is 2.49. The summed E-state index contributed by atoms with van der Waals surface area (Å²) in [5.74, 6) is -1.22. The molecule has 0 radical (unpaired) electrons. The van der Waals surface area contributed by atoms with Gasteiger partial charge in [-0.1, -0.05) is 19.1 Å². The van der Waals surface area contributed by atoms with Crippen molar-refractivity contribution in [1.29, 1.82) is 0 Å². The molecule has 3 atom stereocenters. The van der Waals surface area contributed by atoms with Gasteiger partial charge in [-0.3, -0.25) is 9.59 Å². The zero-order valence-electron chi connectivity index (χ0n) is 10.1. The number of methoxy groups -OCH3 is 2. The number of rotatable bonds is 2. The third-order valence-corrected chi connectivity index (χ3v) is 3.30. The third kappa shape index (κ3) is 1.96. The molecule has 1 rings (SSSR count). The Morgan fingerprint density at radius 2 is 1.94 bits per heavy atom. The van der Waals surface area contributed by atoms with Crippen LogP contribution < -0.4 is 0 Å². The van der Waals surface area contributed by atoms with Gasteiger partial charge in [-0.2, -0.15) is 0 Å². The van der Waals surface area contributed by atoms with Crippen LogP contribution in [0.1, 0.15) is 20.3 Å². The maximum absolute atomic E-state index is 11.8. The van der Waals surface area contributed by atoms with Crippen LogP contribution in [0.5, 0.6) is 0 Å². The molecule has 0 amide bonds. The zero-order valence-corrected chi connectivity index (χ0v) is 10.1. The molecule has 0 bridgehead atoms. The van der Waals surface area contributed by atoms with Crippen LogP contribution in [-0.2, 0) is 19.1 Å². The third-order valence-electron chi connectivity index (χ3n) is 3.30. The predicted octanol–water partition coefficient (Wildman–Crippen LogP) is 1.55. The lowest BCUT2D eigenvalue weighted by Crippen LogP contribution is -2.45. The quantitative estimate of drug-likeness (QED) is 0.529. The molecule has 4 nitrogen and oxygen atoms in total. The Kier molecular flexibility index (Phi) is 3.73. The first kappa shape index (κ1) is 12.7. The van der Waals surface area contributed by atoms with Crippen molar-refractivity contribution in [3.05, 3.63) is 12.2 Å². The molecule has 0 aromatic carbocycles. The number of carbonyl (C=O) groups is 2. The van der Waals surface area contributed by atoms with Crippen molar-refractivity contribution in [2.75, 3.05) is 14.2 Å². The van der Waals surface area contributed by atoms with E-state index in [1.807, 2.05) is 19.1 Å². The van der Waals surface area contributed by atoms with Gasteiger partial charge >= 0.3 is 11.9 Å². The molecule has 90 valence electrons. The molecule has 1 aliphatic carbocycles. The van der Waals surface area contributed by atoms with Crippen molar-refractivity contribution >= 4 is 11.9 Å². The van der Waals surface area contributed by atoms with Crippen LogP contribution in [0, 0.1) is 17.3 Å². The molecule has 16 heavy (non-hydrogen) atoms. The van der Waals surface area contributed by atoms with E-state index < -0.39 is 11.3 Å². The molecule has 0 aromatic heterocycles. The van der Waals surface area contributed by atoms with Crippen LogP contribution in [0.2, 0.25) is 0 Å². The standard InChI is InChI=1S/C12H18O4/c1-8-6-5-7-12(2,11(14)16-4)9(8)10(13)15-3/h5-6,8-9H,7H2,1-4H3/t8-,9+,12+/m0/s1. The van der Waals surface area contributed by atoms with Crippen molar-refractivity contribution in [1.82, 2.24) is 0 Å². The number of hydrogen-bond acceptors (Lipinski definition) is 4. The fraction of sp³-hybridized carbons (Fsp3) is 0.667. The second kappa shape index (κ2) is 4.68. The monoisotopic (exact) mass is 226 g/mol. The average Bonchev–Trinajstić information content (AvgIpc) is 2.27. The minimum Gasteiger partial charge on any atom is -0.469 e. The van der Waals surface area contributed by atoms with Gasteiger partial charge in [0.15, 0.2) is 0 Å². The summed E-state index contributed by atoms with van der Waals surface area (Å²) in [4.78, 5) is 23.6. The number of allylic oxidation sites excluding steroid dienone is 2. The summed E-state index contributed by atoms with van der Waals surface area (Å²) in [7, 11) is 2.68. The van der Waals surface area contributed by atoms with E-state index in [4.69, 9.17) is 9.47 Å². The van der Waals surface area contributed by atoms with Gasteiger partial charge < -0.3 is 9.47 Å². The van der Waals surface area contributed by atoms with E-state index in [0.717, 1.165) is 0 Å². The lowest BCUT2D eigenvalue weighted by molar-refractivity contribution is -0.167. The smallest absolute Gasteiger partial charge is 0.312 e. The summed E-state index contributed by atoms with van der Waals surface area (Å²) in [6, 6.07) is 0. The molecule has 0 fully saturated rings. The molecule has 0 saturated heterocycles. The molecule has 0 saturated carbocycles. The Hall–Kier alpha value is -1.32. The maximum atomic E-state index is 11.8. The number of ether oxygens (including phenoxy) is 2. The fourth-order valence-electron chi connectivity index (χ4n) is 2.39. The van der Waals surface area contributed by atoms with Crippen LogP contribution in [0.15, 0.2) is 12.2 Å². The van der Waals surface area contributed by atoms with Crippen LogP contribution in [0.25, 0.3) is 0 Å². The molecule has 0 heterocycles. The Morgan fingerprint density at radius 3 is 2.44 bits per heavy atom. The average molecular weight is 226 g/mol. The second-order valence-electron chi connectivity index (χ2n) is 4.40. The van der Waals surface area contributed by atoms with Crippen molar-refractivity contribution < 1.29 is 19.1 Å². The summed E-state index contributed by atoms with van der Waals surface area (Å²) in [6.07, 6.45) is 4.36. The summed E-state index contributed by atoms with van der Waals surface area (Å²) in [5, 5.41) is 0. The zero-order chi connectivity index (χ0) is 12.3. The second-order valence-corrected chi connectivity index (χ2v) is 4.40. The van der Waals surface area contributed by atoms with Gasteiger partial charge in [0.25, 0.3) is 0 Å². The first-order valence-corrected chi connectivity index (χ1v) is 5.30. The van der Waals surface area contributed by atoms with Gasteiger partial charge in [0.2, 0.25) is 0 Å². The largest absolute Gasteiger partial charge is 0.469 e. The van der Waals surface area contributed by atoms with Crippen LogP contribution in [-0.4, -0.2) is 26.2 Å². The lowest BCUT2D eigenvalue weighted by atomic mass is 9.66. The van der Waals surface area contributed by atoms with E-state index in [0.29, 0.717) is 6.42 Å². The topological polar surface area (TPSA) is 52.6 Å². The summed E-state index contributed by atoms with van der Waals surface area (Å²) >= 11 is 0. The minimum absolute atomic E-state index is 0.0229. The summed E-state index contributed by atoms with van der Waals surface area (Å²) in [5.41, 5.74) is -0.823. The van der Waals surface area contributed by atoms with E-state index in [9.17, 15) is 9.59 Å². The van der Waals surface area contributed by atoms with Gasteiger partial charge in [-0.25, -0.2) is 0 Å². The number of hydrogen-bond donors (Lipinski definition) is 0.